The summed E-state index contributed by atoms with van der Waals surface area (Å²) >= 11 is 0.534. The third-order valence-corrected chi connectivity index (χ3v) is 4.63. The topological polar surface area (TPSA) is 12.9 Å². The van der Waals surface area contributed by atoms with Gasteiger partial charge in [-0.15, -0.1) is 0 Å². The maximum atomic E-state index is 4.73. The average molecular weight is 248 g/mol. The van der Waals surface area contributed by atoms with Crippen molar-refractivity contribution in [3.8, 4) is 11.3 Å². The second-order valence-electron chi connectivity index (χ2n) is 3.71. The van der Waals surface area contributed by atoms with Crippen LogP contribution in [0.2, 0.25) is 0 Å². The van der Waals surface area contributed by atoms with Gasteiger partial charge in [0.05, 0.1) is 0 Å². The van der Waals surface area contributed by atoms with Gasteiger partial charge in [-0.25, -0.2) is 0 Å². The summed E-state index contributed by atoms with van der Waals surface area (Å²) in [5, 5.41) is 0. The van der Waals surface area contributed by atoms with E-state index >= 15 is 0 Å². The molecular formula is C12H11NSe. The fraction of sp³-hybridized carbons (Fsp3) is 0.250. The maximum absolute atomic E-state index is 4.73. The first-order valence-corrected chi connectivity index (χ1v) is 6.79. The summed E-state index contributed by atoms with van der Waals surface area (Å²) in [5.74, 6) is 0.840. The Morgan fingerprint density at radius 2 is 1.93 bits per heavy atom. The number of aromatic nitrogens is 1. The van der Waals surface area contributed by atoms with E-state index in [9.17, 15) is 0 Å². The predicted octanol–water partition coefficient (Wildman–Crippen LogP) is 2.68. The van der Waals surface area contributed by atoms with E-state index in [2.05, 4.69) is 35.3 Å². The van der Waals surface area contributed by atoms with Gasteiger partial charge in [0, 0.05) is 0 Å². The molecule has 1 aliphatic rings. The third-order valence-electron chi connectivity index (χ3n) is 2.52. The van der Waals surface area contributed by atoms with E-state index < -0.39 is 0 Å². The molecule has 0 amide bonds. The van der Waals surface area contributed by atoms with Crippen LogP contribution in [0.25, 0.3) is 11.3 Å². The van der Waals surface area contributed by atoms with Gasteiger partial charge in [-0.05, 0) is 0 Å². The van der Waals surface area contributed by atoms with E-state index in [0.29, 0.717) is 14.5 Å². The van der Waals surface area contributed by atoms with E-state index in [4.69, 9.17) is 4.98 Å². The van der Waals surface area contributed by atoms with Crippen molar-refractivity contribution in [2.75, 3.05) is 0 Å². The summed E-state index contributed by atoms with van der Waals surface area (Å²) in [5.41, 5.74) is 2.47. The van der Waals surface area contributed by atoms with Crippen LogP contribution in [0.4, 0.5) is 0 Å². The third kappa shape index (κ3) is 1.56. The van der Waals surface area contributed by atoms with Crippen molar-refractivity contribution in [3.05, 3.63) is 39.8 Å². The van der Waals surface area contributed by atoms with Crippen LogP contribution in [0, 0.1) is 0 Å². The minimum atomic E-state index is 0.534. The van der Waals surface area contributed by atoms with Crippen LogP contribution < -0.4 is 0 Å². The summed E-state index contributed by atoms with van der Waals surface area (Å²) in [4.78, 5) is 7.04. The van der Waals surface area contributed by atoms with Gasteiger partial charge in [0.2, 0.25) is 0 Å². The fourth-order valence-electron chi connectivity index (χ4n) is 1.55. The summed E-state index contributed by atoms with van der Waals surface area (Å²) < 4.78 is 1.47. The monoisotopic (exact) mass is 249 g/mol. The van der Waals surface area contributed by atoms with Crippen LogP contribution >= 0.6 is 0 Å². The van der Waals surface area contributed by atoms with Gasteiger partial charge in [-0.3, -0.25) is 0 Å². The molecule has 1 saturated carbocycles. The molecule has 0 aliphatic heterocycles. The molecule has 0 unspecified atom stereocenters. The fourth-order valence-corrected chi connectivity index (χ4v) is 3.65. The van der Waals surface area contributed by atoms with Crippen molar-refractivity contribution < 1.29 is 0 Å². The quantitative estimate of drug-likeness (QED) is 0.744. The summed E-state index contributed by atoms with van der Waals surface area (Å²) in [7, 11) is 0. The van der Waals surface area contributed by atoms with E-state index in [1.165, 1.54) is 28.7 Å². The molecule has 2 heteroatoms. The Morgan fingerprint density at radius 3 is 2.64 bits per heavy atom. The van der Waals surface area contributed by atoms with Gasteiger partial charge in [0.15, 0.2) is 0 Å². The second-order valence-corrected chi connectivity index (χ2v) is 5.58. The first-order chi connectivity index (χ1) is 6.93. The SMILES string of the molecule is c1ccc(-c2c[se]c(C3CC3)n2)cc1. The van der Waals surface area contributed by atoms with Crippen molar-refractivity contribution in [3.63, 3.8) is 0 Å². The summed E-state index contributed by atoms with van der Waals surface area (Å²) in [6.07, 6.45) is 2.74. The van der Waals surface area contributed by atoms with Crippen LogP contribution in [0.5, 0.6) is 0 Å². The first-order valence-electron chi connectivity index (χ1n) is 4.94. The van der Waals surface area contributed by atoms with Crippen LogP contribution in [-0.4, -0.2) is 19.5 Å². The number of hydrogen-bond acceptors (Lipinski definition) is 1. The molecule has 0 N–H and O–H groups in total. The molecule has 14 heavy (non-hydrogen) atoms. The predicted molar refractivity (Wildman–Crippen MR) is 58.6 cm³/mol. The Balaban J connectivity index is 1.96. The normalized spacial score (nSPS) is 15.7. The molecule has 3 rings (SSSR count). The van der Waals surface area contributed by atoms with Crippen molar-refractivity contribution in [1.29, 1.82) is 0 Å². The zero-order chi connectivity index (χ0) is 9.38. The van der Waals surface area contributed by atoms with Gasteiger partial charge < -0.3 is 0 Å². The van der Waals surface area contributed by atoms with Crippen molar-refractivity contribution >= 4 is 14.5 Å². The van der Waals surface area contributed by atoms with Crippen LogP contribution in [-0.2, 0) is 0 Å². The molecule has 0 radical (unpaired) electrons. The minimum absolute atomic E-state index is 0.534. The van der Waals surface area contributed by atoms with Gasteiger partial charge in [-0.2, -0.15) is 0 Å². The Kier molecular flexibility index (Phi) is 2.04. The number of benzene rings is 1. The van der Waals surface area contributed by atoms with E-state index in [1.54, 1.807) is 0 Å². The molecule has 70 valence electrons. The van der Waals surface area contributed by atoms with E-state index in [-0.39, 0.29) is 0 Å². The van der Waals surface area contributed by atoms with Gasteiger partial charge >= 0.3 is 89.3 Å². The van der Waals surface area contributed by atoms with Crippen molar-refractivity contribution in [2.24, 2.45) is 0 Å². The average Bonchev–Trinajstić information content (AvgIpc) is 2.98. The Hall–Kier alpha value is -0.851. The Bertz CT molecular complexity index is 429. The first kappa shape index (κ1) is 8.46. The van der Waals surface area contributed by atoms with Crippen molar-refractivity contribution in [2.45, 2.75) is 18.8 Å². The Morgan fingerprint density at radius 1 is 1.14 bits per heavy atom. The van der Waals surface area contributed by atoms with Crippen LogP contribution in [0.3, 0.4) is 0 Å². The zero-order valence-electron chi connectivity index (χ0n) is 7.81. The van der Waals surface area contributed by atoms with Crippen LogP contribution in [0.15, 0.2) is 35.3 Å². The molecule has 1 heterocycles. The zero-order valence-corrected chi connectivity index (χ0v) is 9.52. The van der Waals surface area contributed by atoms with E-state index in [1.807, 2.05) is 0 Å². The van der Waals surface area contributed by atoms with Crippen molar-refractivity contribution in [1.82, 2.24) is 4.98 Å². The van der Waals surface area contributed by atoms with Gasteiger partial charge in [0.1, 0.15) is 0 Å². The Labute approximate surface area is 89.6 Å². The molecule has 0 saturated heterocycles. The molecule has 2 aromatic rings. The van der Waals surface area contributed by atoms with Gasteiger partial charge in [0.25, 0.3) is 0 Å². The molecule has 0 atom stereocenters. The second kappa shape index (κ2) is 3.38. The summed E-state index contributed by atoms with van der Waals surface area (Å²) in [6.45, 7) is 0. The molecule has 0 spiro atoms. The molecule has 1 aromatic heterocycles. The molecule has 1 aromatic carbocycles. The van der Waals surface area contributed by atoms with Crippen LogP contribution in [0.1, 0.15) is 23.3 Å². The molecule has 1 aliphatic carbocycles. The molecule has 1 fully saturated rings. The number of nitrogens with zero attached hydrogens (tertiary/aromatic N) is 1. The van der Waals surface area contributed by atoms with E-state index in [0.717, 1.165) is 5.92 Å². The van der Waals surface area contributed by atoms with Gasteiger partial charge in [-0.1, -0.05) is 0 Å². The molecule has 1 nitrogen and oxygen atoms in total. The standard InChI is InChI=1S/C12H11NSe/c1-2-4-9(5-3-1)11-8-14-12(13-11)10-6-7-10/h1-5,8,10H,6-7H2. The molecular weight excluding hydrogens is 237 g/mol. The summed E-state index contributed by atoms with van der Waals surface area (Å²) in [6, 6.07) is 10.5. The number of rotatable bonds is 2. The molecule has 0 bridgehead atoms. The number of hydrogen-bond donors (Lipinski definition) is 0.